The minimum atomic E-state index is -0.518. The maximum Gasteiger partial charge on any atom is 0.280 e. The van der Waals surface area contributed by atoms with E-state index in [1.807, 2.05) is 0 Å². The molecule has 4 nitrogen and oxygen atoms in total. The first-order valence-corrected chi connectivity index (χ1v) is 3.49. The number of nitro benzene ring substituents is 1. The lowest BCUT2D eigenvalue weighted by molar-refractivity contribution is -0.385. The van der Waals surface area contributed by atoms with Gasteiger partial charge in [-0.1, -0.05) is 12.1 Å². The smallest absolute Gasteiger partial charge is 0.280 e. The number of Topliss-reactive ketones (excluding diaryl/α,β-unsaturated/α-hetero) is 1. The predicted octanol–water partition coefficient (Wildman–Crippen LogP) is 1.33. The second-order valence-corrected chi connectivity index (χ2v) is 2.67. The molecule has 0 atom stereocenters. The molecule has 0 heterocycles. The van der Waals surface area contributed by atoms with Crippen LogP contribution in [0.25, 0.3) is 0 Å². The summed E-state index contributed by atoms with van der Waals surface area (Å²) in [6.07, 6.45) is 0.344. The number of carbonyl (C=O) groups excluding carboxylic acids is 1. The van der Waals surface area contributed by atoms with Crippen LogP contribution in [0.4, 0.5) is 5.69 Å². The molecule has 1 aromatic carbocycles. The van der Waals surface area contributed by atoms with Crippen molar-refractivity contribution in [1.82, 2.24) is 0 Å². The van der Waals surface area contributed by atoms with Crippen LogP contribution in [0.5, 0.6) is 0 Å². The van der Waals surface area contributed by atoms with Crippen LogP contribution in [0, 0.1) is 10.1 Å². The molecule has 4 heteroatoms. The fourth-order valence-electron chi connectivity index (χ4n) is 1.36. The molecule has 0 radical (unpaired) electrons. The Balaban J connectivity index is 2.64. The van der Waals surface area contributed by atoms with Gasteiger partial charge in [-0.3, -0.25) is 14.9 Å². The average molecular weight is 163 g/mol. The van der Waals surface area contributed by atoms with Crippen molar-refractivity contribution in [3.05, 3.63) is 39.4 Å². The standard InChI is InChI=1S/C8H5NO3/c10-7-4-5-2-1-3-6(8(5)7)9(11)12/h1-3H,4H2. The van der Waals surface area contributed by atoms with Crippen molar-refractivity contribution >= 4 is 11.5 Å². The minimum absolute atomic E-state index is 0.0660. The third kappa shape index (κ3) is 0.747. The summed E-state index contributed by atoms with van der Waals surface area (Å²) in [5.41, 5.74) is 1.01. The van der Waals surface area contributed by atoms with Gasteiger partial charge >= 0.3 is 0 Å². The Labute approximate surface area is 68.0 Å². The molecule has 1 aromatic rings. The lowest BCUT2D eigenvalue weighted by Crippen LogP contribution is -2.20. The second-order valence-electron chi connectivity index (χ2n) is 2.67. The highest BCUT2D eigenvalue weighted by Gasteiger charge is 2.31. The van der Waals surface area contributed by atoms with E-state index in [2.05, 4.69) is 0 Å². The minimum Gasteiger partial charge on any atom is -0.294 e. The lowest BCUT2D eigenvalue weighted by atomic mass is 9.86. The molecule has 0 amide bonds. The summed E-state index contributed by atoms with van der Waals surface area (Å²) in [6.45, 7) is 0. The van der Waals surface area contributed by atoms with Crippen LogP contribution >= 0.6 is 0 Å². The molecule has 0 bridgehead atoms. The molecule has 0 aromatic heterocycles. The maximum atomic E-state index is 10.9. The quantitative estimate of drug-likeness (QED) is 0.463. The Morgan fingerprint density at radius 2 is 2.17 bits per heavy atom. The number of nitro groups is 1. The SMILES string of the molecule is O=C1Cc2cccc([N+](=O)[O-])c21. The number of ketones is 1. The zero-order valence-electron chi connectivity index (χ0n) is 6.11. The number of hydrogen-bond acceptors (Lipinski definition) is 3. The summed E-state index contributed by atoms with van der Waals surface area (Å²) in [7, 11) is 0. The Kier molecular flexibility index (Phi) is 1.24. The maximum absolute atomic E-state index is 10.9. The van der Waals surface area contributed by atoms with Gasteiger partial charge in [0.1, 0.15) is 0 Å². The average Bonchev–Trinajstić information content (AvgIpc) is 2.01. The molecule has 0 saturated carbocycles. The van der Waals surface area contributed by atoms with E-state index in [4.69, 9.17) is 0 Å². The summed E-state index contributed by atoms with van der Waals surface area (Å²) < 4.78 is 0. The summed E-state index contributed by atoms with van der Waals surface area (Å²) in [4.78, 5) is 20.8. The Morgan fingerprint density at radius 1 is 1.42 bits per heavy atom. The molecule has 0 aliphatic heterocycles. The van der Waals surface area contributed by atoms with Gasteiger partial charge < -0.3 is 0 Å². The third-order valence-corrected chi connectivity index (χ3v) is 1.96. The van der Waals surface area contributed by atoms with Gasteiger partial charge in [-0.15, -0.1) is 0 Å². The highest BCUT2D eigenvalue weighted by molar-refractivity contribution is 6.09. The second kappa shape index (κ2) is 2.14. The number of carbonyl (C=O) groups is 1. The number of benzene rings is 1. The number of hydrogen-bond donors (Lipinski definition) is 0. The Bertz CT molecular complexity index is 384. The van der Waals surface area contributed by atoms with Gasteiger partial charge in [-0.2, -0.15) is 0 Å². The van der Waals surface area contributed by atoms with Crippen molar-refractivity contribution in [3.8, 4) is 0 Å². The van der Waals surface area contributed by atoms with Crippen LogP contribution in [0.15, 0.2) is 18.2 Å². The topological polar surface area (TPSA) is 60.2 Å². The van der Waals surface area contributed by atoms with Crippen LogP contribution in [0.1, 0.15) is 15.9 Å². The summed E-state index contributed by atoms with van der Waals surface area (Å²) in [6, 6.07) is 4.70. The highest BCUT2D eigenvalue weighted by Crippen LogP contribution is 2.30. The summed E-state index contributed by atoms with van der Waals surface area (Å²) in [5.74, 6) is -0.127. The number of fused-ring (bicyclic) bond motifs is 1. The molecule has 0 spiro atoms. The highest BCUT2D eigenvalue weighted by atomic mass is 16.6. The van der Waals surface area contributed by atoms with Crippen molar-refractivity contribution in [1.29, 1.82) is 0 Å². The molecule has 0 saturated heterocycles. The van der Waals surface area contributed by atoms with E-state index in [1.165, 1.54) is 6.07 Å². The normalized spacial score (nSPS) is 13.5. The van der Waals surface area contributed by atoms with E-state index in [0.717, 1.165) is 5.56 Å². The zero-order valence-corrected chi connectivity index (χ0v) is 6.11. The van der Waals surface area contributed by atoms with Crippen LogP contribution in [0.3, 0.4) is 0 Å². The fourth-order valence-corrected chi connectivity index (χ4v) is 1.36. The molecule has 12 heavy (non-hydrogen) atoms. The summed E-state index contributed by atoms with van der Waals surface area (Å²) >= 11 is 0. The molecule has 1 aliphatic rings. The summed E-state index contributed by atoms with van der Waals surface area (Å²) in [5, 5.41) is 10.4. The van der Waals surface area contributed by atoms with Gasteiger partial charge in [0, 0.05) is 12.5 Å². The van der Waals surface area contributed by atoms with E-state index in [0.29, 0.717) is 12.0 Å². The van der Waals surface area contributed by atoms with E-state index in [9.17, 15) is 14.9 Å². The lowest BCUT2D eigenvalue weighted by Gasteiger charge is -2.15. The predicted molar refractivity (Wildman–Crippen MR) is 41.1 cm³/mol. The molecular weight excluding hydrogens is 158 g/mol. The van der Waals surface area contributed by atoms with Crippen LogP contribution < -0.4 is 0 Å². The van der Waals surface area contributed by atoms with Gasteiger partial charge in [0.25, 0.3) is 5.69 Å². The first-order chi connectivity index (χ1) is 5.70. The van der Waals surface area contributed by atoms with Crippen LogP contribution in [-0.2, 0) is 6.42 Å². The molecule has 1 aliphatic carbocycles. The van der Waals surface area contributed by atoms with Crippen molar-refractivity contribution in [2.75, 3.05) is 0 Å². The monoisotopic (exact) mass is 163 g/mol. The van der Waals surface area contributed by atoms with E-state index >= 15 is 0 Å². The molecular formula is C8H5NO3. The first-order valence-electron chi connectivity index (χ1n) is 3.49. The Morgan fingerprint density at radius 3 is 2.67 bits per heavy atom. The van der Waals surface area contributed by atoms with Crippen molar-refractivity contribution in [2.45, 2.75) is 6.42 Å². The fraction of sp³-hybridized carbons (Fsp3) is 0.125. The Hall–Kier alpha value is -1.71. The molecule has 2 rings (SSSR count). The number of rotatable bonds is 1. The van der Waals surface area contributed by atoms with E-state index in [-0.39, 0.29) is 11.5 Å². The van der Waals surface area contributed by atoms with E-state index < -0.39 is 4.92 Å². The number of nitrogens with zero attached hydrogens (tertiary/aromatic N) is 1. The molecule has 0 unspecified atom stereocenters. The molecule has 60 valence electrons. The largest absolute Gasteiger partial charge is 0.294 e. The molecule has 0 fully saturated rings. The van der Waals surface area contributed by atoms with Gasteiger partial charge in [-0.05, 0) is 5.56 Å². The zero-order chi connectivity index (χ0) is 8.72. The first kappa shape index (κ1) is 6.97. The molecule has 0 N–H and O–H groups in total. The van der Waals surface area contributed by atoms with Crippen molar-refractivity contribution in [2.24, 2.45) is 0 Å². The van der Waals surface area contributed by atoms with Crippen LogP contribution in [-0.4, -0.2) is 10.7 Å². The van der Waals surface area contributed by atoms with Gasteiger partial charge in [0.15, 0.2) is 5.78 Å². The van der Waals surface area contributed by atoms with Crippen LogP contribution in [0.2, 0.25) is 0 Å². The third-order valence-electron chi connectivity index (χ3n) is 1.96. The van der Waals surface area contributed by atoms with Crippen molar-refractivity contribution < 1.29 is 9.72 Å². The van der Waals surface area contributed by atoms with Crippen molar-refractivity contribution in [3.63, 3.8) is 0 Å². The van der Waals surface area contributed by atoms with Gasteiger partial charge in [0.2, 0.25) is 0 Å². The van der Waals surface area contributed by atoms with E-state index in [1.54, 1.807) is 12.1 Å². The van der Waals surface area contributed by atoms with Gasteiger partial charge in [0.05, 0.1) is 10.5 Å². The van der Waals surface area contributed by atoms with Gasteiger partial charge in [-0.25, -0.2) is 0 Å².